The van der Waals surface area contributed by atoms with Crippen molar-refractivity contribution < 1.29 is 14.3 Å². The minimum atomic E-state index is -0.223. The molecule has 3 aliphatic heterocycles. The van der Waals surface area contributed by atoms with Crippen LogP contribution in [-0.4, -0.2) is 78.0 Å². The normalized spacial score (nSPS) is 23.1. The number of halogens is 2. The summed E-state index contributed by atoms with van der Waals surface area (Å²) in [6.45, 7) is 10.3. The number of nitrogens with zero attached hydrogens (tertiary/aromatic N) is 4. The average Bonchev–Trinajstić information content (AvgIpc) is 3.36. The minimum absolute atomic E-state index is 0. The van der Waals surface area contributed by atoms with Crippen molar-refractivity contribution in [2.45, 2.75) is 51.1 Å². The lowest BCUT2D eigenvalue weighted by Crippen LogP contribution is -2.60. The van der Waals surface area contributed by atoms with E-state index in [0.717, 1.165) is 37.3 Å². The Morgan fingerprint density at radius 3 is 2.81 bits per heavy atom. The lowest BCUT2D eigenvalue weighted by Gasteiger charge is -2.41. The summed E-state index contributed by atoms with van der Waals surface area (Å²) in [5.41, 5.74) is 1.63. The summed E-state index contributed by atoms with van der Waals surface area (Å²) >= 11 is 6.27. The molecule has 2 amide bonds. The molecule has 0 saturated carbocycles. The van der Waals surface area contributed by atoms with E-state index in [-0.39, 0.29) is 41.7 Å². The summed E-state index contributed by atoms with van der Waals surface area (Å²) in [5, 5.41) is 4.02. The maximum absolute atomic E-state index is 13.7. The van der Waals surface area contributed by atoms with Gasteiger partial charge in [0.15, 0.2) is 0 Å². The number of rotatable bonds is 6. The minimum Gasteiger partial charge on any atom is -0.437 e. The highest BCUT2D eigenvalue weighted by molar-refractivity contribution is 6.32. The zero-order chi connectivity index (χ0) is 25.4. The molecule has 2 atom stereocenters. The molecule has 37 heavy (non-hydrogen) atoms. The number of pyridine rings is 1. The number of aromatic nitrogens is 1. The highest BCUT2D eigenvalue weighted by atomic mass is 35.5. The van der Waals surface area contributed by atoms with Crippen molar-refractivity contribution in [3.8, 4) is 11.6 Å². The molecule has 3 aliphatic rings. The predicted octanol–water partition coefficient (Wildman–Crippen LogP) is 3.86. The molecule has 1 aromatic carbocycles. The van der Waals surface area contributed by atoms with Crippen LogP contribution in [0.2, 0.25) is 5.02 Å². The largest absolute Gasteiger partial charge is 0.437 e. The van der Waals surface area contributed by atoms with Crippen molar-refractivity contribution in [1.82, 2.24) is 20.1 Å². The molecular formula is C27H35Cl2N5O3. The monoisotopic (exact) mass is 547 g/mol. The number of hydrogen-bond donors (Lipinski definition) is 1. The van der Waals surface area contributed by atoms with Gasteiger partial charge in [-0.05, 0) is 25.5 Å². The number of benzene rings is 1. The molecule has 1 aromatic heterocycles. The Morgan fingerprint density at radius 1 is 1.30 bits per heavy atom. The molecule has 1 N–H and O–H groups in total. The third kappa shape index (κ3) is 5.87. The van der Waals surface area contributed by atoms with Gasteiger partial charge in [0.05, 0.1) is 17.3 Å². The molecule has 0 spiro atoms. The zero-order valence-corrected chi connectivity index (χ0v) is 23.1. The number of para-hydroxylation sites is 1. The third-order valence-electron chi connectivity index (χ3n) is 7.45. The first-order valence-electron chi connectivity index (χ1n) is 12.7. The molecule has 2 aromatic rings. The fourth-order valence-electron chi connectivity index (χ4n) is 5.47. The van der Waals surface area contributed by atoms with Crippen molar-refractivity contribution in [2.75, 3.05) is 44.2 Å². The number of amides is 2. The van der Waals surface area contributed by atoms with E-state index in [1.165, 1.54) is 0 Å². The number of piperazine rings is 1. The number of hydrogen-bond acceptors (Lipinski definition) is 6. The van der Waals surface area contributed by atoms with E-state index >= 15 is 0 Å². The molecule has 2 saturated heterocycles. The van der Waals surface area contributed by atoms with Gasteiger partial charge in [-0.2, -0.15) is 0 Å². The number of ether oxygens (including phenoxy) is 1. The average molecular weight is 549 g/mol. The van der Waals surface area contributed by atoms with Crippen LogP contribution in [0, 0.1) is 0 Å². The summed E-state index contributed by atoms with van der Waals surface area (Å²) in [6, 6.07) is 9.49. The Labute approximate surface area is 229 Å². The van der Waals surface area contributed by atoms with Crippen LogP contribution < -0.4 is 15.0 Å². The van der Waals surface area contributed by atoms with Gasteiger partial charge in [0.1, 0.15) is 5.75 Å². The van der Waals surface area contributed by atoms with Crippen LogP contribution in [0.5, 0.6) is 11.6 Å². The van der Waals surface area contributed by atoms with Gasteiger partial charge in [0, 0.05) is 74.5 Å². The second-order valence-electron chi connectivity index (χ2n) is 10.8. The van der Waals surface area contributed by atoms with Gasteiger partial charge in [-0.25, -0.2) is 4.98 Å². The SMILES string of the molecule is C[C@@H]1CN(CC(=O)N2CC(C)(C)c3cnc(Oc4ccccc4Cl)cc32)[C@@H](CN2CCCC2=O)CN1.Cl. The highest BCUT2D eigenvalue weighted by Gasteiger charge is 2.40. The number of fused-ring (bicyclic) bond motifs is 1. The van der Waals surface area contributed by atoms with Gasteiger partial charge < -0.3 is 19.9 Å². The fourth-order valence-corrected chi connectivity index (χ4v) is 5.65. The predicted molar refractivity (Wildman–Crippen MR) is 147 cm³/mol. The molecule has 4 heterocycles. The van der Waals surface area contributed by atoms with E-state index in [1.807, 2.05) is 34.2 Å². The van der Waals surface area contributed by atoms with Gasteiger partial charge in [-0.3, -0.25) is 14.5 Å². The van der Waals surface area contributed by atoms with Gasteiger partial charge in [0.25, 0.3) is 0 Å². The molecule has 2 fully saturated rings. The number of likely N-dealkylation sites (tertiary alicyclic amines) is 1. The van der Waals surface area contributed by atoms with Crippen LogP contribution in [0.25, 0.3) is 0 Å². The Morgan fingerprint density at radius 2 is 2.08 bits per heavy atom. The summed E-state index contributed by atoms with van der Waals surface area (Å²) in [4.78, 5) is 36.5. The lowest BCUT2D eigenvalue weighted by molar-refractivity contribution is -0.128. The second kappa shape index (κ2) is 11.2. The number of carbonyl (C=O) groups excluding carboxylic acids is 2. The van der Waals surface area contributed by atoms with Gasteiger partial charge in [0.2, 0.25) is 17.7 Å². The molecule has 8 nitrogen and oxygen atoms in total. The van der Waals surface area contributed by atoms with Crippen molar-refractivity contribution in [3.05, 3.63) is 47.1 Å². The molecule has 5 rings (SSSR count). The summed E-state index contributed by atoms with van der Waals surface area (Å²) in [6.07, 6.45) is 3.35. The third-order valence-corrected chi connectivity index (χ3v) is 7.76. The van der Waals surface area contributed by atoms with E-state index in [2.05, 4.69) is 36.0 Å². The van der Waals surface area contributed by atoms with E-state index < -0.39 is 0 Å². The first-order chi connectivity index (χ1) is 17.2. The molecule has 0 radical (unpaired) electrons. The molecule has 0 aliphatic carbocycles. The van der Waals surface area contributed by atoms with Crippen molar-refractivity contribution >= 4 is 41.5 Å². The smallest absolute Gasteiger partial charge is 0.241 e. The molecule has 0 unspecified atom stereocenters. The van der Waals surface area contributed by atoms with E-state index in [9.17, 15) is 9.59 Å². The Kier molecular flexibility index (Phi) is 8.33. The second-order valence-corrected chi connectivity index (χ2v) is 11.2. The Hall–Kier alpha value is -2.39. The fraction of sp³-hybridized carbons (Fsp3) is 0.519. The van der Waals surface area contributed by atoms with E-state index in [4.69, 9.17) is 16.3 Å². The number of nitrogens with one attached hydrogen (secondary N) is 1. The molecule has 0 bridgehead atoms. The van der Waals surface area contributed by atoms with E-state index in [0.29, 0.717) is 42.7 Å². The van der Waals surface area contributed by atoms with Crippen LogP contribution in [0.3, 0.4) is 0 Å². The van der Waals surface area contributed by atoms with Crippen molar-refractivity contribution in [3.63, 3.8) is 0 Å². The van der Waals surface area contributed by atoms with Crippen molar-refractivity contribution in [1.29, 1.82) is 0 Å². The Balaban J connectivity index is 0.00000320. The molecule has 10 heteroatoms. The zero-order valence-electron chi connectivity index (χ0n) is 21.6. The number of carbonyl (C=O) groups is 2. The van der Waals surface area contributed by atoms with Gasteiger partial charge >= 0.3 is 0 Å². The van der Waals surface area contributed by atoms with Crippen LogP contribution in [0.4, 0.5) is 5.69 Å². The van der Waals surface area contributed by atoms with Crippen LogP contribution in [0.1, 0.15) is 39.2 Å². The Bertz CT molecular complexity index is 1160. The standard InChI is InChI=1S/C27H34ClN5O3.ClH/c1-18-14-32(19(12-29-18)15-31-10-6-9-25(31)34)16-26(35)33-17-27(2,3)20-13-30-24(11-22(20)33)36-23-8-5-4-7-21(23)28;/h4-5,7-8,11,13,18-19,29H,6,9-10,12,14-17H2,1-3H3;1H/t18-,19-;/m1./s1. The molecule has 200 valence electrons. The quantitative estimate of drug-likeness (QED) is 0.591. The molecular weight excluding hydrogens is 513 g/mol. The van der Waals surface area contributed by atoms with Crippen molar-refractivity contribution in [2.24, 2.45) is 0 Å². The first-order valence-corrected chi connectivity index (χ1v) is 13.1. The summed E-state index contributed by atoms with van der Waals surface area (Å²) < 4.78 is 5.96. The summed E-state index contributed by atoms with van der Waals surface area (Å²) in [7, 11) is 0. The first kappa shape index (κ1) is 27.6. The van der Waals surface area contributed by atoms with Gasteiger partial charge in [-0.15, -0.1) is 12.4 Å². The summed E-state index contributed by atoms with van der Waals surface area (Å²) in [5.74, 6) is 1.19. The topological polar surface area (TPSA) is 78.0 Å². The highest BCUT2D eigenvalue weighted by Crippen LogP contribution is 2.42. The van der Waals surface area contributed by atoms with Crippen LogP contribution >= 0.6 is 24.0 Å². The van der Waals surface area contributed by atoms with Gasteiger partial charge in [-0.1, -0.05) is 37.6 Å². The number of anilines is 1. The maximum Gasteiger partial charge on any atom is 0.241 e. The van der Waals surface area contributed by atoms with Crippen LogP contribution in [0.15, 0.2) is 36.5 Å². The van der Waals surface area contributed by atoms with E-state index in [1.54, 1.807) is 12.1 Å². The maximum atomic E-state index is 13.7. The lowest BCUT2D eigenvalue weighted by atomic mass is 9.88. The van der Waals surface area contributed by atoms with Crippen LogP contribution in [-0.2, 0) is 15.0 Å².